The number of thioether (sulfide) groups is 1. The Balaban J connectivity index is 1.50. The van der Waals surface area contributed by atoms with Gasteiger partial charge in [-0.2, -0.15) is 11.8 Å². The number of aryl methyl sites for hydroxylation is 1. The van der Waals surface area contributed by atoms with Gasteiger partial charge in [0.25, 0.3) is 5.91 Å². The highest BCUT2D eigenvalue weighted by molar-refractivity contribution is 7.99. The summed E-state index contributed by atoms with van der Waals surface area (Å²) in [5.41, 5.74) is 1.30. The average molecular weight is 377 g/mol. The highest BCUT2D eigenvalue weighted by Gasteiger charge is 2.27. The van der Waals surface area contributed by atoms with Crippen LogP contribution in [0, 0.1) is 0 Å². The highest BCUT2D eigenvalue weighted by Crippen LogP contribution is 2.23. The molecule has 1 amide bonds. The van der Waals surface area contributed by atoms with E-state index in [1.54, 1.807) is 0 Å². The van der Waals surface area contributed by atoms with Gasteiger partial charge in [-0.3, -0.25) is 9.69 Å². The van der Waals surface area contributed by atoms with Crippen molar-refractivity contribution in [3.05, 3.63) is 35.4 Å². The van der Waals surface area contributed by atoms with Crippen LogP contribution in [0.3, 0.4) is 0 Å². The molecule has 5 heteroatoms. The first-order chi connectivity index (χ1) is 12.4. The number of benzene rings is 1. The van der Waals surface area contributed by atoms with E-state index in [2.05, 4.69) is 16.7 Å². The topological polar surface area (TPSA) is 43.8 Å². The minimum absolute atomic E-state index is 0.151. The maximum atomic E-state index is 12.8. The summed E-state index contributed by atoms with van der Waals surface area (Å²) >= 11 is 2.07. The van der Waals surface area contributed by atoms with Gasteiger partial charge in [0.2, 0.25) is 0 Å². The fraction of sp³-hybridized carbons (Fsp3) is 0.667. The Bertz CT molecular complexity index is 583. The second-order valence-corrected chi connectivity index (χ2v) is 9.41. The molecule has 0 atom stereocenters. The molecule has 4 nitrogen and oxygen atoms in total. The van der Waals surface area contributed by atoms with Crippen LogP contribution in [0.5, 0.6) is 0 Å². The lowest BCUT2D eigenvalue weighted by atomic mass is 9.98. The van der Waals surface area contributed by atoms with Gasteiger partial charge in [0, 0.05) is 37.8 Å². The standard InChI is InChI=1S/C21H32N2O2S/c1-21(2,25)10-7-17-3-5-18(6-4-17)20(24)23-13-11-22(12-14-23)19-8-15-26-16-9-19/h3-6,19,25H,7-16H2,1-2H3. The largest absolute Gasteiger partial charge is 0.390 e. The molecule has 2 fully saturated rings. The monoisotopic (exact) mass is 376 g/mol. The second kappa shape index (κ2) is 8.77. The number of rotatable bonds is 5. The number of amides is 1. The van der Waals surface area contributed by atoms with Gasteiger partial charge >= 0.3 is 0 Å². The van der Waals surface area contributed by atoms with Crippen LogP contribution in [0.4, 0.5) is 0 Å². The third-order valence-corrected chi connectivity index (χ3v) is 6.58. The molecule has 2 saturated heterocycles. The first kappa shape index (κ1) is 19.7. The van der Waals surface area contributed by atoms with Crippen molar-refractivity contribution in [2.75, 3.05) is 37.7 Å². The van der Waals surface area contributed by atoms with Crippen molar-refractivity contribution in [1.82, 2.24) is 9.80 Å². The summed E-state index contributed by atoms with van der Waals surface area (Å²) < 4.78 is 0. The number of piperazine rings is 1. The lowest BCUT2D eigenvalue weighted by molar-refractivity contribution is 0.0559. The van der Waals surface area contributed by atoms with E-state index in [-0.39, 0.29) is 5.91 Å². The van der Waals surface area contributed by atoms with Crippen LogP contribution >= 0.6 is 11.8 Å². The van der Waals surface area contributed by atoms with Crippen LogP contribution in [0.15, 0.2) is 24.3 Å². The summed E-state index contributed by atoms with van der Waals surface area (Å²) in [6.07, 6.45) is 4.15. The number of nitrogens with zero attached hydrogens (tertiary/aromatic N) is 2. The lowest BCUT2D eigenvalue weighted by Gasteiger charge is -2.40. The number of hydrogen-bond acceptors (Lipinski definition) is 4. The molecule has 2 heterocycles. The van der Waals surface area contributed by atoms with Gasteiger partial charge in [0.05, 0.1) is 5.60 Å². The lowest BCUT2D eigenvalue weighted by Crippen LogP contribution is -2.52. The Morgan fingerprint density at radius 1 is 1.12 bits per heavy atom. The summed E-state index contributed by atoms with van der Waals surface area (Å²) in [4.78, 5) is 17.4. The molecule has 0 aromatic heterocycles. The Labute approximate surface area is 161 Å². The number of aliphatic hydroxyl groups is 1. The summed E-state index contributed by atoms with van der Waals surface area (Å²) in [6, 6.07) is 8.65. The highest BCUT2D eigenvalue weighted by atomic mass is 32.2. The van der Waals surface area contributed by atoms with Crippen LogP contribution in [-0.4, -0.2) is 70.1 Å². The molecular weight excluding hydrogens is 344 g/mol. The van der Waals surface area contributed by atoms with E-state index in [4.69, 9.17) is 0 Å². The Hall–Kier alpha value is -1.04. The molecule has 1 aromatic rings. The van der Waals surface area contributed by atoms with Crippen LogP contribution in [0.2, 0.25) is 0 Å². The van der Waals surface area contributed by atoms with Crippen molar-refractivity contribution >= 4 is 17.7 Å². The summed E-state index contributed by atoms with van der Waals surface area (Å²) in [6.45, 7) is 7.34. The quantitative estimate of drug-likeness (QED) is 0.858. The molecule has 0 aliphatic carbocycles. The molecule has 0 bridgehead atoms. The second-order valence-electron chi connectivity index (χ2n) is 8.18. The predicted molar refractivity (Wildman–Crippen MR) is 109 cm³/mol. The van der Waals surface area contributed by atoms with Crippen molar-refractivity contribution in [1.29, 1.82) is 0 Å². The van der Waals surface area contributed by atoms with E-state index < -0.39 is 5.60 Å². The molecule has 3 rings (SSSR count). The molecule has 0 radical (unpaired) electrons. The molecular formula is C21H32N2O2S. The normalized spacial score (nSPS) is 20.3. The average Bonchev–Trinajstić information content (AvgIpc) is 2.66. The molecule has 144 valence electrons. The molecule has 0 unspecified atom stereocenters. The van der Waals surface area contributed by atoms with Crippen LogP contribution in [-0.2, 0) is 6.42 Å². The van der Waals surface area contributed by atoms with Crippen LogP contribution < -0.4 is 0 Å². The third-order valence-electron chi connectivity index (χ3n) is 5.54. The number of hydrogen-bond donors (Lipinski definition) is 1. The van der Waals surface area contributed by atoms with Gasteiger partial charge in [-0.15, -0.1) is 0 Å². The summed E-state index contributed by atoms with van der Waals surface area (Å²) in [5.74, 6) is 2.71. The van der Waals surface area contributed by atoms with Crippen molar-refractivity contribution in [3.8, 4) is 0 Å². The summed E-state index contributed by atoms with van der Waals surface area (Å²) in [5, 5.41) is 9.84. The van der Waals surface area contributed by atoms with Gasteiger partial charge in [0.1, 0.15) is 0 Å². The third kappa shape index (κ3) is 5.48. The number of carbonyl (C=O) groups excluding carboxylic acids is 1. The van der Waals surface area contributed by atoms with Crippen molar-refractivity contribution in [2.24, 2.45) is 0 Å². The predicted octanol–water partition coefficient (Wildman–Crippen LogP) is 3.04. The Kier molecular flexibility index (Phi) is 6.65. The van der Waals surface area contributed by atoms with Crippen molar-refractivity contribution < 1.29 is 9.90 Å². The molecule has 26 heavy (non-hydrogen) atoms. The summed E-state index contributed by atoms with van der Waals surface area (Å²) in [7, 11) is 0. The maximum Gasteiger partial charge on any atom is 0.253 e. The van der Waals surface area contributed by atoms with Gasteiger partial charge in [-0.1, -0.05) is 12.1 Å². The number of carbonyl (C=O) groups is 1. The SMILES string of the molecule is CC(C)(O)CCc1ccc(C(=O)N2CCN(C3CCSCC3)CC2)cc1. The van der Waals surface area contributed by atoms with Crippen LogP contribution in [0.1, 0.15) is 49.0 Å². The van der Waals surface area contributed by atoms with Gasteiger partial charge in [0.15, 0.2) is 0 Å². The zero-order valence-electron chi connectivity index (χ0n) is 16.1. The maximum absolute atomic E-state index is 12.8. The van der Waals surface area contributed by atoms with E-state index in [9.17, 15) is 9.90 Å². The van der Waals surface area contributed by atoms with E-state index in [0.29, 0.717) is 0 Å². The fourth-order valence-electron chi connectivity index (χ4n) is 3.79. The van der Waals surface area contributed by atoms with E-state index in [1.165, 1.54) is 29.9 Å². The molecule has 1 N–H and O–H groups in total. The smallest absolute Gasteiger partial charge is 0.253 e. The minimum atomic E-state index is -0.648. The molecule has 2 aliphatic heterocycles. The van der Waals surface area contributed by atoms with Crippen LogP contribution in [0.25, 0.3) is 0 Å². The van der Waals surface area contributed by atoms with Gasteiger partial charge in [-0.25, -0.2) is 0 Å². The zero-order valence-corrected chi connectivity index (χ0v) is 16.9. The first-order valence-electron chi connectivity index (χ1n) is 9.85. The molecule has 1 aromatic carbocycles. The molecule has 0 spiro atoms. The Morgan fingerprint density at radius 3 is 2.31 bits per heavy atom. The van der Waals surface area contributed by atoms with E-state index in [1.807, 2.05) is 43.0 Å². The molecule has 2 aliphatic rings. The molecule has 0 saturated carbocycles. The minimum Gasteiger partial charge on any atom is -0.390 e. The van der Waals surface area contributed by atoms with Gasteiger partial charge < -0.3 is 10.0 Å². The van der Waals surface area contributed by atoms with Crippen molar-refractivity contribution in [3.63, 3.8) is 0 Å². The first-order valence-corrected chi connectivity index (χ1v) is 11.0. The van der Waals surface area contributed by atoms with E-state index in [0.717, 1.165) is 50.6 Å². The fourth-order valence-corrected chi connectivity index (χ4v) is 4.87. The Morgan fingerprint density at radius 2 is 1.73 bits per heavy atom. The van der Waals surface area contributed by atoms with E-state index >= 15 is 0 Å². The van der Waals surface area contributed by atoms with Crippen molar-refractivity contribution in [2.45, 2.75) is 51.2 Å². The zero-order chi connectivity index (χ0) is 18.6. The van der Waals surface area contributed by atoms with Gasteiger partial charge in [-0.05, 0) is 68.7 Å².